The number of aryl methyl sites for hydroxylation is 2. The number of fused-ring (bicyclic) bond motifs is 6. The van der Waals surface area contributed by atoms with Crippen molar-refractivity contribution in [2.24, 2.45) is 5.92 Å². The Labute approximate surface area is 198 Å². The number of rotatable bonds is 5. The fraction of sp³-hybridized carbons (Fsp3) is 0.391. The maximum atomic E-state index is 12.6. The summed E-state index contributed by atoms with van der Waals surface area (Å²) in [4.78, 5) is 20.1. The molecule has 3 aromatic heterocycles. The molecule has 4 heterocycles. The summed E-state index contributed by atoms with van der Waals surface area (Å²) in [5.41, 5.74) is 2.92. The van der Waals surface area contributed by atoms with E-state index in [2.05, 4.69) is 29.4 Å². The van der Waals surface area contributed by atoms with Gasteiger partial charge in [-0.1, -0.05) is 25.6 Å². The zero-order valence-electron chi connectivity index (χ0n) is 18.4. The third-order valence-corrected chi connectivity index (χ3v) is 8.22. The van der Waals surface area contributed by atoms with Crippen molar-refractivity contribution in [2.45, 2.75) is 44.7 Å². The third kappa shape index (κ3) is 3.61. The minimum atomic E-state index is -0.121. The van der Waals surface area contributed by atoms with E-state index in [1.807, 2.05) is 4.40 Å². The van der Waals surface area contributed by atoms with Crippen LogP contribution in [0.4, 0.5) is 5.69 Å². The van der Waals surface area contributed by atoms with Crippen molar-refractivity contribution >= 4 is 50.6 Å². The van der Waals surface area contributed by atoms with Crippen molar-refractivity contribution < 1.29 is 14.3 Å². The lowest BCUT2D eigenvalue weighted by molar-refractivity contribution is -0.113. The number of thioether (sulfide) groups is 1. The largest absolute Gasteiger partial charge is 0.454 e. The zero-order valence-corrected chi connectivity index (χ0v) is 20.0. The first kappa shape index (κ1) is 20.7. The molecule has 1 aliphatic carbocycles. The number of nitrogens with one attached hydrogen (secondary N) is 1. The first-order chi connectivity index (χ1) is 16.1. The Morgan fingerprint density at radius 1 is 1.30 bits per heavy atom. The fourth-order valence-electron chi connectivity index (χ4n) is 4.51. The molecule has 2 aliphatic rings. The molecule has 4 aromatic rings. The van der Waals surface area contributed by atoms with Gasteiger partial charge < -0.3 is 14.8 Å². The number of carbonyl (C=O) groups is 1. The lowest BCUT2D eigenvalue weighted by Crippen LogP contribution is -2.14. The molecule has 0 spiro atoms. The van der Waals surface area contributed by atoms with Gasteiger partial charge in [-0.15, -0.1) is 21.5 Å². The zero-order chi connectivity index (χ0) is 22.5. The minimum absolute atomic E-state index is 0.121. The van der Waals surface area contributed by atoms with Crippen LogP contribution < -0.4 is 14.8 Å². The van der Waals surface area contributed by atoms with Crippen LogP contribution in [-0.4, -0.2) is 38.0 Å². The van der Waals surface area contributed by atoms with Crippen LogP contribution in [0.2, 0.25) is 0 Å². The average molecular weight is 482 g/mol. The molecule has 1 aliphatic heterocycles. The molecule has 10 heteroatoms. The van der Waals surface area contributed by atoms with Crippen molar-refractivity contribution in [2.75, 3.05) is 17.9 Å². The lowest BCUT2D eigenvalue weighted by atomic mass is 9.89. The smallest absolute Gasteiger partial charge is 0.234 e. The summed E-state index contributed by atoms with van der Waals surface area (Å²) in [5, 5.41) is 13.8. The summed E-state index contributed by atoms with van der Waals surface area (Å²) in [7, 11) is 0. The van der Waals surface area contributed by atoms with Gasteiger partial charge in [-0.3, -0.25) is 9.20 Å². The van der Waals surface area contributed by atoms with Crippen molar-refractivity contribution in [1.82, 2.24) is 19.6 Å². The van der Waals surface area contributed by atoms with Gasteiger partial charge in [0, 0.05) is 23.1 Å². The Kier molecular flexibility index (Phi) is 5.14. The second-order valence-corrected chi connectivity index (χ2v) is 10.5. The van der Waals surface area contributed by atoms with E-state index in [0.717, 1.165) is 41.0 Å². The van der Waals surface area contributed by atoms with E-state index in [0.29, 0.717) is 28.3 Å². The average Bonchev–Trinajstić information content (AvgIpc) is 3.52. The summed E-state index contributed by atoms with van der Waals surface area (Å²) < 4.78 is 12.7. The van der Waals surface area contributed by atoms with E-state index in [1.165, 1.54) is 28.6 Å². The van der Waals surface area contributed by atoms with Crippen LogP contribution in [0.25, 0.3) is 15.9 Å². The topological polar surface area (TPSA) is 90.6 Å². The van der Waals surface area contributed by atoms with E-state index in [1.54, 1.807) is 29.5 Å². The number of benzene rings is 1. The highest BCUT2D eigenvalue weighted by atomic mass is 32.2. The molecule has 1 aromatic carbocycles. The third-order valence-electron chi connectivity index (χ3n) is 6.14. The maximum Gasteiger partial charge on any atom is 0.234 e. The number of nitrogens with zero attached hydrogens (tertiary/aromatic N) is 4. The molecule has 0 bridgehead atoms. The normalized spacial score (nSPS) is 17.0. The molecule has 0 saturated heterocycles. The highest BCUT2D eigenvalue weighted by Crippen LogP contribution is 2.40. The van der Waals surface area contributed by atoms with Crippen LogP contribution in [0.5, 0.6) is 11.5 Å². The van der Waals surface area contributed by atoms with Crippen LogP contribution in [0.3, 0.4) is 0 Å². The number of anilines is 1. The van der Waals surface area contributed by atoms with E-state index in [4.69, 9.17) is 14.5 Å². The standard InChI is InChI=1S/C23H23N5O3S2/c1-3-18-25-22-20(14-6-4-12(2)8-17(14)33-22)21-26-27-23(28(18)21)32-10-19(29)24-13-5-7-15-16(9-13)31-11-30-15/h5,7,9,12H,3-4,6,8,10-11H2,1-2H3,(H,24,29)/t12-/m1/s1. The summed E-state index contributed by atoms with van der Waals surface area (Å²) in [6.07, 6.45) is 4.13. The van der Waals surface area contributed by atoms with Gasteiger partial charge in [0.25, 0.3) is 0 Å². The van der Waals surface area contributed by atoms with E-state index in [-0.39, 0.29) is 18.5 Å². The minimum Gasteiger partial charge on any atom is -0.454 e. The predicted octanol–water partition coefficient (Wildman–Crippen LogP) is 4.49. The van der Waals surface area contributed by atoms with E-state index < -0.39 is 0 Å². The molecule has 170 valence electrons. The highest BCUT2D eigenvalue weighted by Gasteiger charge is 2.25. The maximum absolute atomic E-state index is 12.6. The SMILES string of the molecule is CCc1nc2sc3c(c2c2nnc(SCC(=O)Nc4ccc5c(c4)OCO5)n12)CC[C@@H](C)C3. The molecule has 0 radical (unpaired) electrons. The molecule has 0 saturated carbocycles. The second-order valence-electron chi connectivity index (χ2n) is 8.46. The van der Waals surface area contributed by atoms with Gasteiger partial charge in [0.15, 0.2) is 22.3 Å². The Balaban J connectivity index is 1.27. The summed E-state index contributed by atoms with van der Waals surface area (Å²) in [6, 6.07) is 5.37. The Bertz CT molecular complexity index is 1400. The van der Waals surface area contributed by atoms with Crippen molar-refractivity contribution in [1.29, 1.82) is 0 Å². The summed E-state index contributed by atoms with van der Waals surface area (Å²) in [5.74, 6) is 3.06. The van der Waals surface area contributed by atoms with Crippen molar-refractivity contribution in [3.63, 3.8) is 0 Å². The molecule has 6 rings (SSSR count). The van der Waals surface area contributed by atoms with Gasteiger partial charge >= 0.3 is 0 Å². The van der Waals surface area contributed by atoms with Gasteiger partial charge in [-0.05, 0) is 42.9 Å². The number of hydrogen-bond donors (Lipinski definition) is 1. The molecular formula is C23H23N5O3S2. The Morgan fingerprint density at radius 2 is 2.18 bits per heavy atom. The van der Waals surface area contributed by atoms with Crippen LogP contribution >= 0.6 is 23.1 Å². The summed E-state index contributed by atoms with van der Waals surface area (Å²) in [6.45, 7) is 4.61. The fourth-order valence-corrected chi connectivity index (χ4v) is 6.66. The van der Waals surface area contributed by atoms with Crippen molar-refractivity contribution in [3.8, 4) is 11.5 Å². The number of amides is 1. The van der Waals surface area contributed by atoms with E-state index >= 15 is 0 Å². The van der Waals surface area contributed by atoms with Crippen LogP contribution in [-0.2, 0) is 24.1 Å². The molecule has 1 atom stereocenters. The number of aromatic nitrogens is 4. The first-order valence-electron chi connectivity index (χ1n) is 11.1. The number of carbonyl (C=O) groups excluding carboxylic acids is 1. The highest BCUT2D eigenvalue weighted by molar-refractivity contribution is 7.99. The van der Waals surface area contributed by atoms with Gasteiger partial charge in [0.1, 0.15) is 10.7 Å². The molecule has 8 nitrogen and oxygen atoms in total. The lowest BCUT2D eigenvalue weighted by Gasteiger charge is -2.17. The number of thiophene rings is 1. The Hall–Kier alpha value is -2.85. The number of ether oxygens (including phenoxy) is 2. The summed E-state index contributed by atoms with van der Waals surface area (Å²) >= 11 is 3.18. The first-order valence-corrected chi connectivity index (χ1v) is 12.9. The van der Waals surface area contributed by atoms with Crippen LogP contribution in [0.15, 0.2) is 23.4 Å². The molecule has 33 heavy (non-hydrogen) atoms. The van der Waals surface area contributed by atoms with Gasteiger partial charge in [-0.25, -0.2) is 4.98 Å². The Morgan fingerprint density at radius 3 is 3.06 bits per heavy atom. The molecular weight excluding hydrogens is 458 g/mol. The van der Waals surface area contributed by atoms with Crippen molar-refractivity contribution in [3.05, 3.63) is 34.5 Å². The van der Waals surface area contributed by atoms with Gasteiger partial charge in [-0.2, -0.15) is 0 Å². The molecule has 0 fully saturated rings. The number of hydrogen-bond acceptors (Lipinski definition) is 8. The second kappa shape index (κ2) is 8.18. The van der Waals surface area contributed by atoms with Crippen LogP contribution in [0, 0.1) is 5.92 Å². The molecule has 1 amide bonds. The molecule has 0 unspecified atom stereocenters. The van der Waals surface area contributed by atoms with E-state index in [9.17, 15) is 4.79 Å². The monoisotopic (exact) mass is 481 g/mol. The predicted molar refractivity (Wildman–Crippen MR) is 129 cm³/mol. The quantitative estimate of drug-likeness (QED) is 0.420. The van der Waals surface area contributed by atoms with Gasteiger partial charge in [0.2, 0.25) is 12.7 Å². The molecule has 1 N–H and O–H groups in total. The van der Waals surface area contributed by atoms with Gasteiger partial charge in [0.05, 0.1) is 11.1 Å². The van der Waals surface area contributed by atoms with Crippen LogP contribution in [0.1, 0.15) is 36.5 Å².